The molecule has 7 heteroatoms. The summed E-state index contributed by atoms with van der Waals surface area (Å²) in [7, 11) is -3.60. The number of carbonyl (C=O) groups is 1. The summed E-state index contributed by atoms with van der Waals surface area (Å²) in [5.74, 6) is -0.280. The maximum Gasteiger partial charge on any atom is 0.242 e. The van der Waals surface area contributed by atoms with Gasteiger partial charge in [0.1, 0.15) is 4.90 Å². The third-order valence-corrected chi connectivity index (χ3v) is 4.06. The smallest absolute Gasteiger partial charge is 0.242 e. The number of carbonyl (C=O) groups excluding carboxylic acids is 1. The Morgan fingerprint density at radius 2 is 1.90 bits per heavy atom. The molecule has 0 aliphatic rings. The lowest BCUT2D eigenvalue weighted by molar-refractivity contribution is -0.115. The van der Waals surface area contributed by atoms with E-state index in [9.17, 15) is 13.2 Å². The Hall–Kier alpha value is -1.44. The van der Waals surface area contributed by atoms with E-state index in [0.717, 1.165) is 0 Å². The zero-order valence-corrected chi connectivity index (χ0v) is 12.8. The van der Waals surface area contributed by atoms with E-state index in [1.807, 2.05) is 13.8 Å². The molecule has 1 aromatic rings. The van der Waals surface area contributed by atoms with E-state index in [0.29, 0.717) is 6.54 Å². The zero-order valence-electron chi connectivity index (χ0n) is 11.9. The van der Waals surface area contributed by atoms with Crippen molar-refractivity contribution in [1.29, 1.82) is 0 Å². The summed E-state index contributed by atoms with van der Waals surface area (Å²) in [6.07, 6.45) is 0. The number of anilines is 1. The molecule has 0 bridgehead atoms. The summed E-state index contributed by atoms with van der Waals surface area (Å²) >= 11 is 0. The Morgan fingerprint density at radius 1 is 1.25 bits per heavy atom. The number of benzene rings is 1. The highest BCUT2D eigenvalue weighted by Gasteiger charge is 2.18. The van der Waals surface area contributed by atoms with Crippen molar-refractivity contribution >= 4 is 21.6 Å². The van der Waals surface area contributed by atoms with Crippen molar-refractivity contribution in [3.05, 3.63) is 24.3 Å². The minimum Gasteiger partial charge on any atom is -0.324 e. The van der Waals surface area contributed by atoms with Crippen molar-refractivity contribution in [1.82, 2.24) is 10.0 Å². The Bertz CT molecular complexity index is 556. The quantitative estimate of drug-likeness (QED) is 0.699. The molecule has 0 aromatic heterocycles. The van der Waals surface area contributed by atoms with Crippen LogP contribution in [0.25, 0.3) is 0 Å². The molecular formula is C13H21N3O3S. The van der Waals surface area contributed by atoms with Gasteiger partial charge in [-0.05, 0) is 12.1 Å². The summed E-state index contributed by atoms with van der Waals surface area (Å²) < 4.78 is 26.5. The van der Waals surface area contributed by atoms with Crippen LogP contribution in [-0.2, 0) is 14.8 Å². The van der Waals surface area contributed by atoms with Crippen molar-refractivity contribution < 1.29 is 13.2 Å². The highest BCUT2D eigenvalue weighted by molar-refractivity contribution is 7.89. The fourth-order valence-electron chi connectivity index (χ4n) is 1.56. The van der Waals surface area contributed by atoms with E-state index in [-0.39, 0.29) is 29.1 Å². The second-order valence-electron chi connectivity index (χ2n) is 4.58. The van der Waals surface area contributed by atoms with Gasteiger partial charge < -0.3 is 10.6 Å². The van der Waals surface area contributed by atoms with Gasteiger partial charge in [0.25, 0.3) is 0 Å². The molecule has 1 rings (SSSR count). The molecule has 0 heterocycles. The van der Waals surface area contributed by atoms with Crippen LogP contribution >= 0.6 is 0 Å². The van der Waals surface area contributed by atoms with E-state index in [4.69, 9.17) is 0 Å². The fourth-order valence-corrected chi connectivity index (χ4v) is 2.77. The monoisotopic (exact) mass is 299 g/mol. The molecule has 0 unspecified atom stereocenters. The first kappa shape index (κ1) is 16.6. The standard InChI is InChI=1S/C13H21N3O3S/c1-4-15-20(18,19)12-8-6-5-7-11(12)16-13(17)9-14-10(2)3/h5-8,10,14-15H,4,9H2,1-3H3,(H,16,17). The lowest BCUT2D eigenvalue weighted by atomic mass is 10.3. The Morgan fingerprint density at radius 3 is 2.50 bits per heavy atom. The van der Waals surface area contributed by atoms with Gasteiger partial charge in [-0.15, -0.1) is 0 Å². The van der Waals surface area contributed by atoms with Gasteiger partial charge in [0.2, 0.25) is 15.9 Å². The molecule has 0 saturated carbocycles. The first-order valence-corrected chi connectivity index (χ1v) is 7.97. The third-order valence-electron chi connectivity index (χ3n) is 2.46. The minimum absolute atomic E-state index is 0.0692. The van der Waals surface area contributed by atoms with E-state index >= 15 is 0 Å². The van der Waals surface area contributed by atoms with Crippen molar-refractivity contribution in [3.8, 4) is 0 Å². The topological polar surface area (TPSA) is 87.3 Å². The molecule has 0 radical (unpaired) electrons. The van der Waals surface area contributed by atoms with Crippen molar-refractivity contribution in [2.75, 3.05) is 18.4 Å². The van der Waals surface area contributed by atoms with Crippen LogP contribution < -0.4 is 15.4 Å². The van der Waals surface area contributed by atoms with Crippen molar-refractivity contribution in [3.63, 3.8) is 0 Å². The second-order valence-corrected chi connectivity index (χ2v) is 6.32. The molecular weight excluding hydrogens is 278 g/mol. The molecule has 0 aliphatic heterocycles. The number of hydrogen-bond donors (Lipinski definition) is 3. The molecule has 0 saturated heterocycles. The SMILES string of the molecule is CCNS(=O)(=O)c1ccccc1NC(=O)CNC(C)C. The van der Waals surface area contributed by atoms with Gasteiger partial charge in [0, 0.05) is 12.6 Å². The molecule has 1 amide bonds. The molecule has 0 spiro atoms. The van der Waals surface area contributed by atoms with Crippen LogP contribution in [0.4, 0.5) is 5.69 Å². The van der Waals surface area contributed by atoms with E-state index < -0.39 is 10.0 Å². The molecule has 0 aliphatic carbocycles. The zero-order chi connectivity index (χ0) is 15.2. The van der Waals surface area contributed by atoms with Crippen molar-refractivity contribution in [2.45, 2.75) is 31.7 Å². The van der Waals surface area contributed by atoms with Gasteiger partial charge in [-0.2, -0.15) is 0 Å². The molecule has 20 heavy (non-hydrogen) atoms. The highest BCUT2D eigenvalue weighted by Crippen LogP contribution is 2.20. The minimum atomic E-state index is -3.60. The third kappa shape index (κ3) is 4.92. The maximum atomic E-state index is 12.0. The first-order chi connectivity index (χ1) is 9.36. The van der Waals surface area contributed by atoms with Crippen LogP contribution in [0.5, 0.6) is 0 Å². The van der Waals surface area contributed by atoms with Gasteiger partial charge in [0.15, 0.2) is 0 Å². The van der Waals surface area contributed by atoms with Crippen LogP contribution in [0.1, 0.15) is 20.8 Å². The van der Waals surface area contributed by atoms with Crippen LogP contribution in [0.3, 0.4) is 0 Å². The van der Waals surface area contributed by atoms with Gasteiger partial charge in [-0.3, -0.25) is 4.79 Å². The van der Waals surface area contributed by atoms with Crippen molar-refractivity contribution in [2.24, 2.45) is 0 Å². The highest BCUT2D eigenvalue weighted by atomic mass is 32.2. The Labute approximate surface area is 120 Å². The van der Waals surface area contributed by atoms with Gasteiger partial charge in [-0.1, -0.05) is 32.9 Å². The summed E-state index contributed by atoms with van der Waals surface area (Å²) in [4.78, 5) is 11.8. The van der Waals surface area contributed by atoms with E-state index in [1.165, 1.54) is 6.07 Å². The number of amides is 1. The molecule has 0 fully saturated rings. The second kappa shape index (κ2) is 7.37. The maximum absolute atomic E-state index is 12.0. The number of hydrogen-bond acceptors (Lipinski definition) is 4. The fraction of sp³-hybridized carbons (Fsp3) is 0.462. The lowest BCUT2D eigenvalue weighted by Gasteiger charge is -2.13. The van der Waals surface area contributed by atoms with E-state index in [1.54, 1.807) is 25.1 Å². The van der Waals surface area contributed by atoms with E-state index in [2.05, 4.69) is 15.4 Å². The van der Waals surface area contributed by atoms with Crippen LogP contribution in [-0.4, -0.2) is 33.5 Å². The molecule has 112 valence electrons. The number of sulfonamides is 1. The van der Waals surface area contributed by atoms with Gasteiger partial charge in [-0.25, -0.2) is 13.1 Å². The molecule has 0 atom stereocenters. The summed E-state index contributed by atoms with van der Waals surface area (Å²) in [6.45, 7) is 5.98. The van der Waals surface area contributed by atoms with Crippen LogP contribution in [0.2, 0.25) is 0 Å². The Kier molecular flexibility index (Phi) is 6.12. The largest absolute Gasteiger partial charge is 0.324 e. The molecule has 1 aromatic carbocycles. The average Bonchev–Trinajstić information content (AvgIpc) is 2.37. The summed E-state index contributed by atoms with van der Waals surface area (Å²) in [6, 6.07) is 6.51. The Balaban J connectivity index is 2.89. The van der Waals surface area contributed by atoms with Crippen LogP contribution in [0, 0.1) is 0 Å². The number of para-hydroxylation sites is 1. The molecule has 6 nitrogen and oxygen atoms in total. The number of nitrogens with one attached hydrogen (secondary N) is 3. The summed E-state index contributed by atoms with van der Waals surface area (Å²) in [5, 5.41) is 5.58. The predicted molar refractivity (Wildman–Crippen MR) is 79.1 cm³/mol. The lowest BCUT2D eigenvalue weighted by Crippen LogP contribution is -2.33. The predicted octanol–water partition coefficient (Wildman–Crippen LogP) is 0.921. The normalized spacial score (nSPS) is 11.6. The van der Waals surface area contributed by atoms with Gasteiger partial charge in [0.05, 0.1) is 12.2 Å². The first-order valence-electron chi connectivity index (χ1n) is 6.48. The number of rotatable bonds is 7. The van der Waals surface area contributed by atoms with Crippen LogP contribution in [0.15, 0.2) is 29.2 Å². The molecule has 3 N–H and O–H groups in total. The average molecular weight is 299 g/mol. The van der Waals surface area contributed by atoms with Gasteiger partial charge >= 0.3 is 0 Å². The summed E-state index contributed by atoms with van der Waals surface area (Å²) in [5.41, 5.74) is 0.281.